The molecule has 0 bridgehead atoms. The van der Waals surface area contributed by atoms with E-state index in [4.69, 9.17) is 0 Å². The molecule has 0 saturated heterocycles. The van der Waals surface area contributed by atoms with Gasteiger partial charge in [-0.15, -0.1) is 0 Å². The van der Waals surface area contributed by atoms with Gasteiger partial charge >= 0.3 is 0 Å². The summed E-state index contributed by atoms with van der Waals surface area (Å²) < 4.78 is 2.18. The highest BCUT2D eigenvalue weighted by Crippen LogP contribution is 2.31. The summed E-state index contributed by atoms with van der Waals surface area (Å²) in [6.45, 7) is 2.95. The summed E-state index contributed by atoms with van der Waals surface area (Å²) in [5, 5.41) is 3.71. The second-order valence-corrected chi connectivity index (χ2v) is 5.74. The Morgan fingerprint density at radius 1 is 1.19 bits per heavy atom. The van der Waals surface area contributed by atoms with Crippen molar-refractivity contribution < 1.29 is 0 Å². The number of aromatic nitrogens is 2. The van der Waals surface area contributed by atoms with Crippen LogP contribution >= 0.6 is 0 Å². The standard InChI is InChI=1S/C18H19N3/c1-13-17(21-11-5-4-8-18(21)20-13)12-19-16-10-9-14-6-2-3-7-15(14)16/h2-8,11,16,19H,9-10,12H2,1H3. The van der Waals surface area contributed by atoms with Crippen molar-refractivity contribution >= 4 is 5.65 Å². The third-order valence-corrected chi connectivity index (χ3v) is 4.48. The fourth-order valence-corrected chi connectivity index (χ4v) is 3.37. The maximum absolute atomic E-state index is 4.63. The maximum Gasteiger partial charge on any atom is 0.137 e. The third kappa shape index (κ3) is 2.14. The number of hydrogen-bond donors (Lipinski definition) is 1. The summed E-state index contributed by atoms with van der Waals surface area (Å²) in [6.07, 6.45) is 4.46. The van der Waals surface area contributed by atoms with E-state index in [0.717, 1.165) is 17.9 Å². The fourth-order valence-electron chi connectivity index (χ4n) is 3.37. The monoisotopic (exact) mass is 277 g/mol. The van der Waals surface area contributed by atoms with Crippen LogP contribution in [0.1, 0.15) is 35.0 Å². The Hall–Kier alpha value is -2.13. The number of fused-ring (bicyclic) bond motifs is 2. The molecule has 2 aromatic heterocycles. The average molecular weight is 277 g/mol. The second-order valence-electron chi connectivity index (χ2n) is 5.74. The number of aryl methyl sites for hydroxylation is 2. The second kappa shape index (κ2) is 5.01. The molecule has 1 aliphatic carbocycles. The van der Waals surface area contributed by atoms with Gasteiger partial charge in [0.2, 0.25) is 0 Å². The van der Waals surface area contributed by atoms with Gasteiger partial charge < -0.3 is 9.72 Å². The number of benzene rings is 1. The molecule has 0 amide bonds. The van der Waals surface area contributed by atoms with Crippen LogP contribution in [0.5, 0.6) is 0 Å². The Morgan fingerprint density at radius 3 is 3.00 bits per heavy atom. The lowest BCUT2D eigenvalue weighted by atomic mass is 10.1. The lowest BCUT2D eigenvalue weighted by Gasteiger charge is -2.14. The van der Waals surface area contributed by atoms with Crippen LogP contribution in [-0.2, 0) is 13.0 Å². The summed E-state index contributed by atoms with van der Waals surface area (Å²) in [5.41, 5.74) is 6.35. The summed E-state index contributed by atoms with van der Waals surface area (Å²) in [6, 6.07) is 15.4. The van der Waals surface area contributed by atoms with E-state index >= 15 is 0 Å². The average Bonchev–Trinajstić information content (AvgIpc) is 3.06. The van der Waals surface area contributed by atoms with Crippen LogP contribution in [-0.4, -0.2) is 9.38 Å². The molecule has 0 saturated carbocycles. The van der Waals surface area contributed by atoms with Gasteiger partial charge in [0.25, 0.3) is 0 Å². The van der Waals surface area contributed by atoms with Gasteiger partial charge in [0.05, 0.1) is 11.4 Å². The van der Waals surface area contributed by atoms with Crippen molar-refractivity contribution in [2.75, 3.05) is 0 Å². The molecule has 0 aliphatic heterocycles. The molecule has 2 heterocycles. The zero-order chi connectivity index (χ0) is 14.2. The Morgan fingerprint density at radius 2 is 2.05 bits per heavy atom. The number of pyridine rings is 1. The van der Waals surface area contributed by atoms with Crippen molar-refractivity contribution in [1.82, 2.24) is 14.7 Å². The molecule has 1 unspecified atom stereocenters. The molecule has 0 spiro atoms. The van der Waals surface area contributed by atoms with Crippen molar-refractivity contribution in [3.05, 3.63) is 71.2 Å². The molecule has 3 heteroatoms. The first-order valence-electron chi connectivity index (χ1n) is 7.56. The number of hydrogen-bond acceptors (Lipinski definition) is 2. The zero-order valence-corrected chi connectivity index (χ0v) is 12.2. The van der Waals surface area contributed by atoms with Crippen molar-refractivity contribution in [3.63, 3.8) is 0 Å². The first kappa shape index (κ1) is 12.6. The minimum Gasteiger partial charge on any atom is -0.304 e. The number of rotatable bonds is 3. The summed E-state index contributed by atoms with van der Waals surface area (Å²) >= 11 is 0. The molecule has 3 aromatic rings. The molecular weight excluding hydrogens is 258 g/mol. The van der Waals surface area contributed by atoms with Crippen LogP contribution in [0.3, 0.4) is 0 Å². The van der Waals surface area contributed by atoms with Gasteiger partial charge in [-0.2, -0.15) is 0 Å². The van der Waals surface area contributed by atoms with Gasteiger partial charge in [0, 0.05) is 18.8 Å². The van der Waals surface area contributed by atoms with Crippen molar-refractivity contribution in [3.8, 4) is 0 Å². The van der Waals surface area contributed by atoms with E-state index < -0.39 is 0 Å². The van der Waals surface area contributed by atoms with Gasteiger partial charge in [0.15, 0.2) is 0 Å². The normalized spacial score (nSPS) is 17.3. The summed E-state index contributed by atoms with van der Waals surface area (Å²) in [7, 11) is 0. The summed E-state index contributed by atoms with van der Waals surface area (Å²) in [4.78, 5) is 4.63. The van der Waals surface area contributed by atoms with Crippen LogP contribution in [0, 0.1) is 6.92 Å². The molecule has 21 heavy (non-hydrogen) atoms. The van der Waals surface area contributed by atoms with E-state index in [1.807, 2.05) is 6.07 Å². The number of nitrogens with zero attached hydrogens (tertiary/aromatic N) is 2. The van der Waals surface area contributed by atoms with Crippen LogP contribution < -0.4 is 5.32 Å². The lowest BCUT2D eigenvalue weighted by molar-refractivity contribution is 0.523. The molecule has 0 radical (unpaired) electrons. The minimum absolute atomic E-state index is 0.467. The molecule has 106 valence electrons. The SMILES string of the molecule is Cc1nc2ccccn2c1CNC1CCc2ccccc21. The van der Waals surface area contributed by atoms with Crippen molar-refractivity contribution in [2.24, 2.45) is 0 Å². The minimum atomic E-state index is 0.467. The quantitative estimate of drug-likeness (QED) is 0.795. The third-order valence-electron chi connectivity index (χ3n) is 4.48. The molecule has 0 fully saturated rings. The fraction of sp³-hybridized carbons (Fsp3) is 0.278. The Kier molecular flexibility index (Phi) is 3.00. The number of nitrogens with one attached hydrogen (secondary N) is 1. The first-order chi connectivity index (χ1) is 10.3. The van der Waals surface area contributed by atoms with E-state index in [1.165, 1.54) is 29.7 Å². The predicted molar refractivity (Wildman–Crippen MR) is 84.3 cm³/mol. The van der Waals surface area contributed by atoms with Gasteiger partial charge in [-0.3, -0.25) is 0 Å². The summed E-state index contributed by atoms with van der Waals surface area (Å²) in [5.74, 6) is 0. The van der Waals surface area contributed by atoms with Gasteiger partial charge in [-0.25, -0.2) is 4.98 Å². The van der Waals surface area contributed by atoms with E-state index in [2.05, 4.69) is 64.2 Å². The highest BCUT2D eigenvalue weighted by atomic mass is 15.0. The Labute approximate surface area is 124 Å². The van der Waals surface area contributed by atoms with Crippen molar-refractivity contribution in [1.29, 1.82) is 0 Å². The Balaban J connectivity index is 1.58. The largest absolute Gasteiger partial charge is 0.304 e. The van der Waals surface area contributed by atoms with E-state index in [0.29, 0.717) is 6.04 Å². The molecular formula is C18H19N3. The molecule has 3 nitrogen and oxygen atoms in total. The smallest absolute Gasteiger partial charge is 0.137 e. The van der Waals surface area contributed by atoms with Crippen LogP contribution in [0.15, 0.2) is 48.7 Å². The topological polar surface area (TPSA) is 29.3 Å². The Bertz CT molecular complexity index is 788. The lowest BCUT2D eigenvalue weighted by Crippen LogP contribution is -2.20. The van der Waals surface area contributed by atoms with Gasteiger partial charge in [-0.05, 0) is 43.0 Å². The zero-order valence-electron chi connectivity index (χ0n) is 12.2. The molecule has 1 atom stereocenters. The molecule has 4 rings (SSSR count). The van der Waals surface area contributed by atoms with Gasteiger partial charge in [0.1, 0.15) is 5.65 Å². The molecule has 1 N–H and O–H groups in total. The highest BCUT2D eigenvalue weighted by Gasteiger charge is 2.21. The van der Waals surface area contributed by atoms with E-state index in [-0.39, 0.29) is 0 Å². The maximum atomic E-state index is 4.63. The van der Waals surface area contributed by atoms with Crippen LogP contribution in [0.2, 0.25) is 0 Å². The number of imidazole rings is 1. The first-order valence-corrected chi connectivity index (χ1v) is 7.56. The molecule has 1 aliphatic rings. The highest BCUT2D eigenvalue weighted by molar-refractivity contribution is 5.43. The van der Waals surface area contributed by atoms with Crippen LogP contribution in [0.4, 0.5) is 0 Å². The predicted octanol–water partition coefficient (Wildman–Crippen LogP) is 3.42. The van der Waals surface area contributed by atoms with E-state index in [1.54, 1.807) is 0 Å². The van der Waals surface area contributed by atoms with E-state index in [9.17, 15) is 0 Å². The van der Waals surface area contributed by atoms with Gasteiger partial charge in [-0.1, -0.05) is 30.3 Å². The van der Waals surface area contributed by atoms with Crippen LogP contribution in [0.25, 0.3) is 5.65 Å². The molecule has 1 aromatic carbocycles. The van der Waals surface area contributed by atoms with Crippen molar-refractivity contribution in [2.45, 2.75) is 32.4 Å².